The second kappa shape index (κ2) is 7.73. The summed E-state index contributed by atoms with van der Waals surface area (Å²) in [5.74, 6) is -0.0893. The zero-order chi connectivity index (χ0) is 15.9. The van der Waals surface area contributed by atoms with Gasteiger partial charge >= 0.3 is 0 Å². The largest absolute Gasteiger partial charge is 0.317 e. The molecule has 0 radical (unpaired) electrons. The van der Waals surface area contributed by atoms with Crippen molar-refractivity contribution in [3.63, 3.8) is 0 Å². The molecular formula is C15H19N5OS. The fourth-order valence-electron chi connectivity index (χ4n) is 2.03. The first-order valence-corrected chi connectivity index (χ1v) is 7.96. The minimum Gasteiger partial charge on any atom is -0.317 e. The van der Waals surface area contributed by atoms with Crippen molar-refractivity contribution in [3.05, 3.63) is 35.0 Å². The van der Waals surface area contributed by atoms with Gasteiger partial charge < -0.3 is 10.6 Å². The van der Waals surface area contributed by atoms with E-state index in [2.05, 4.69) is 28.7 Å². The standard InChI is InChI=1S/C15H19N5OS/c1-11-8-18-20(9-11)10-12(2)17-5-3-14(21)19-15-13(7-16)4-6-22-15/h4,6,8-9,12,17H,3,5,10H2,1-2H3,(H,19,21)/t12-/m0/s1. The highest BCUT2D eigenvalue weighted by Gasteiger charge is 2.09. The summed E-state index contributed by atoms with van der Waals surface area (Å²) in [6.07, 6.45) is 4.18. The number of anilines is 1. The molecule has 0 aliphatic heterocycles. The summed E-state index contributed by atoms with van der Waals surface area (Å²) in [7, 11) is 0. The lowest BCUT2D eigenvalue weighted by molar-refractivity contribution is -0.116. The molecule has 2 aromatic rings. The Hall–Kier alpha value is -2.17. The zero-order valence-electron chi connectivity index (χ0n) is 12.7. The second-order valence-electron chi connectivity index (χ2n) is 5.17. The fraction of sp³-hybridized carbons (Fsp3) is 0.400. The molecule has 6 nitrogen and oxygen atoms in total. The molecule has 2 N–H and O–H groups in total. The van der Waals surface area contributed by atoms with E-state index in [4.69, 9.17) is 5.26 Å². The molecular weight excluding hydrogens is 298 g/mol. The van der Waals surface area contributed by atoms with Crippen LogP contribution in [0.3, 0.4) is 0 Å². The molecule has 0 aromatic carbocycles. The van der Waals surface area contributed by atoms with Gasteiger partial charge in [-0.15, -0.1) is 11.3 Å². The number of carbonyl (C=O) groups is 1. The number of nitrogens with zero attached hydrogens (tertiary/aromatic N) is 3. The third-order valence-corrected chi connectivity index (χ3v) is 3.94. The number of hydrogen-bond acceptors (Lipinski definition) is 5. The molecule has 2 heterocycles. The van der Waals surface area contributed by atoms with E-state index in [9.17, 15) is 4.79 Å². The van der Waals surface area contributed by atoms with E-state index < -0.39 is 0 Å². The maximum atomic E-state index is 11.9. The number of thiophene rings is 1. The Morgan fingerprint density at radius 1 is 1.59 bits per heavy atom. The predicted molar refractivity (Wildman–Crippen MR) is 86.7 cm³/mol. The lowest BCUT2D eigenvalue weighted by atomic mass is 10.3. The number of rotatable bonds is 7. The average Bonchev–Trinajstić information content (AvgIpc) is 3.07. The molecule has 0 unspecified atom stereocenters. The van der Waals surface area contributed by atoms with Crippen molar-refractivity contribution in [2.75, 3.05) is 11.9 Å². The van der Waals surface area contributed by atoms with Crippen molar-refractivity contribution < 1.29 is 4.79 Å². The normalized spacial score (nSPS) is 11.9. The molecule has 0 saturated heterocycles. The minimum absolute atomic E-state index is 0.0893. The molecule has 2 rings (SSSR count). The first-order valence-electron chi connectivity index (χ1n) is 7.08. The van der Waals surface area contributed by atoms with Crippen LogP contribution in [0.1, 0.15) is 24.5 Å². The number of amides is 1. The number of nitriles is 1. The van der Waals surface area contributed by atoms with E-state index in [0.29, 0.717) is 23.5 Å². The number of aromatic nitrogens is 2. The number of aryl methyl sites for hydroxylation is 1. The summed E-state index contributed by atoms with van der Waals surface area (Å²) in [6, 6.07) is 3.98. The highest BCUT2D eigenvalue weighted by Crippen LogP contribution is 2.22. The Morgan fingerprint density at radius 3 is 3.09 bits per heavy atom. The Kier molecular flexibility index (Phi) is 5.69. The third kappa shape index (κ3) is 4.69. The zero-order valence-corrected chi connectivity index (χ0v) is 13.5. The van der Waals surface area contributed by atoms with Gasteiger partial charge in [-0.25, -0.2) is 0 Å². The van der Waals surface area contributed by atoms with Crippen LogP contribution < -0.4 is 10.6 Å². The molecule has 0 aliphatic carbocycles. The minimum atomic E-state index is -0.0893. The van der Waals surface area contributed by atoms with Gasteiger partial charge in [-0.2, -0.15) is 10.4 Å². The summed E-state index contributed by atoms with van der Waals surface area (Å²) in [6.45, 7) is 5.41. The highest BCUT2D eigenvalue weighted by atomic mass is 32.1. The summed E-state index contributed by atoms with van der Waals surface area (Å²) in [4.78, 5) is 11.9. The quantitative estimate of drug-likeness (QED) is 0.819. The predicted octanol–water partition coefficient (Wildman–Crippen LogP) is 2.13. The lowest BCUT2D eigenvalue weighted by Gasteiger charge is -2.13. The van der Waals surface area contributed by atoms with Crippen LogP contribution in [0.5, 0.6) is 0 Å². The van der Waals surface area contributed by atoms with Crippen LogP contribution in [0.25, 0.3) is 0 Å². The van der Waals surface area contributed by atoms with Crippen molar-refractivity contribution in [2.24, 2.45) is 0 Å². The molecule has 116 valence electrons. The first kappa shape index (κ1) is 16.2. The van der Waals surface area contributed by atoms with Crippen LogP contribution in [0, 0.1) is 18.3 Å². The average molecular weight is 317 g/mol. The van der Waals surface area contributed by atoms with Crippen LogP contribution in [-0.4, -0.2) is 28.3 Å². The Labute approximate surface area is 133 Å². The molecule has 22 heavy (non-hydrogen) atoms. The first-order chi connectivity index (χ1) is 10.6. The van der Waals surface area contributed by atoms with Crippen LogP contribution in [0.4, 0.5) is 5.00 Å². The smallest absolute Gasteiger partial charge is 0.226 e. The molecule has 0 aliphatic rings. The topological polar surface area (TPSA) is 82.7 Å². The summed E-state index contributed by atoms with van der Waals surface area (Å²) in [5, 5.41) is 21.6. The number of hydrogen-bond donors (Lipinski definition) is 2. The summed E-state index contributed by atoms with van der Waals surface area (Å²) < 4.78 is 1.89. The fourth-order valence-corrected chi connectivity index (χ4v) is 2.78. The monoisotopic (exact) mass is 317 g/mol. The van der Waals surface area contributed by atoms with Gasteiger partial charge in [0.05, 0.1) is 18.3 Å². The summed E-state index contributed by atoms with van der Waals surface area (Å²) >= 11 is 1.36. The van der Waals surface area contributed by atoms with E-state index in [0.717, 1.165) is 12.1 Å². The van der Waals surface area contributed by atoms with Crippen LogP contribution >= 0.6 is 11.3 Å². The molecule has 0 saturated carbocycles. The van der Waals surface area contributed by atoms with Crippen LogP contribution in [-0.2, 0) is 11.3 Å². The molecule has 7 heteroatoms. The Morgan fingerprint density at radius 2 is 2.41 bits per heavy atom. The van der Waals surface area contributed by atoms with Gasteiger partial charge in [-0.05, 0) is 30.9 Å². The van der Waals surface area contributed by atoms with E-state index >= 15 is 0 Å². The number of carbonyl (C=O) groups excluding carboxylic acids is 1. The van der Waals surface area contributed by atoms with E-state index in [1.54, 1.807) is 11.4 Å². The van der Waals surface area contributed by atoms with Gasteiger partial charge in [-0.1, -0.05) is 0 Å². The van der Waals surface area contributed by atoms with Crippen molar-refractivity contribution in [2.45, 2.75) is 32.9 Å². The van der Waals surface area contributed by atoms with Crippen molar-refractivity contribution >= 4 is 22.2 Å². The third-order valence-electron chi connectivity index (χ3n) is 3.11. The van der Waals surface area contributed by atoms with Gasteiger partial charge in [0.25, 0.3) is 0 Å². The number of nitrogens with one attached hydrogen (secondary N) is 2. The second-order valence-corrected chi connectivity index (χ2v) is 6.08. The van der Waals surface area contributed by atoms with E-state index in [-0.39, 0.29) is 11.9 Å². The molecule has 2 aromatic heterocycles. The van der Waals surface area contributed by atoms with Crippen molar-refractivity contribution in [1.29, 1.82) is 5.26 Å². The maximum absolute atomic E-state index is 11.9. The van der Waals surface area contributed by atoms with Gasteiger partial charge in [-0.3, -0.25) is 9.48 Å². The Balaban J connectivity index is 1.69. The highest BCUT2D eigenvalue weighted by molar-refractivity contribution is 7.14. The SMILES string of the molecule is Cc1cnn(C[C@H](C)NCCC(=O)Nc2sccc2C#N)c1. The van der Waals surface area contributed by atoms with Gasteiger partial charge in [0.2, 0.25) is 5.91 Å². The van der Waals surface area contributed by atoms with Gasteiger partial charge in [0.1, 0.15) is 11.1 Å². The lowest BCUT2D eigenvalue weighted by Crippen LogP contribution is -2.33. The van der Waals surface area contributed by atoms with Crippen molar-refractivity contribution in [3.8, 4) is 6.07 Å². The molecule has 1 atom stereocenters. The molecule has 0 spiro atoms. The van der Waals surface area contributed by atoms with Crippen LogP contribution in [0.2, 0.25) is 0 Å². The molecule has 1 amide bonds. The van der Waals surface area contributed by atoms with E-state index in [1.165, 1.54) is 11.3 Å². The van der Waals surface area contributed by atoms with Gasteiger partial charge in [0.15, 0.2) is 0 Å². The molecule has 0 fully saturated rings. The van der Waals surface area contributed by atoms with E-state index in [1.807, 2.05) is 24.0 Å². The molecule has 0 bridgehead atoms. The van der Waals surface area contributed by atoms with Crippen LogP contribution in [0.15, 0.2) is 23.8 Å². The van der Waals surface area contributed by atoms with Crippen molar-refractivity contribution in [1.82, 2.24) is 15.1 Å². The Bertz CT molecular complexity index is 670. The van der Waals surface area contributed by atoms with Gasteiger partial charge in [0, 0.05) is 25.2 Å². The summed E-state index contributed by atoms with van der Waals surface area (Å²) in [5.41, 5.74) is 1.64. The maximum Gasteiger partial charge on any atom is 0.226 e.